The molecule has 1 amide bonds. The SMILES string of the molecule is Cl.Cl.N#C[C@@H]1CCCN1C(=O)CNCCNc1nc2ccccc2s1. The second kappa shape index (κ2) is 10.4. The molecule has 2 aromatic rings. The van der Waals surface area contributed by atoms with Crippen molar-refractivity contribution in [2.75, 3.05) is 31.5 Å². The predicted octanol–water partition coefficient (Wildman–Crippen LogP) is 2.66. The van der Waals surface area contributed by atoms with E-state index in [1.807, 2.05) is 18.2 Å². The van der Waals surface area contributed by atoms with Gasteiger partial charge in [-0.15, -0.1) is 24.8 Å². The Kier molecular flexibility index (Phi) is 8.93. The smallest absolute Gasteiger partial charge is 0.237 e. The van der Waals surface area contributed by atoms with E-state index in [4.69, 9.17) is 5.26 Å². The van der Waals surface area contributed by atoms with Gasteiger partial charge in [0.25, 0.3) is 0 Å². The molecular formula is C16H21Cl2N5OS. The van der Waals surface area contributed by atoms with E-state index < -0.39 is 0 Å². The number of anilines is 1. The molecule has 1 aromatic carbocycles. The number of fused-ring (bicyclic) bond motifs is 1. The van der Waals surface area contributed by atoms with Crippen LogP contribution in [0.4, 0.5) is 5.13 Å². The molecule has 3 rings (SSSR count). The molecule has 9 heteroatoms. The van der Waals surface area contributed by atoms with Crippen LogP contribution in [-0.2, 0) is 4.79 Å². The number of carbonyl (C=O) groups excluding carboxylic acids is 1. The van der Waals surface area contributed by atoms with E-state index in [0.717, 1.165) is 28.2 Å². The van der Waals surface area contributed by atoms with Gasteiger partial charge in [0.15, 0.2) is 5.13 Å². The summed E-state index contributed by atoms with van der Waals surface area (Å²) < 4.78 is 1.16. The van der Waals surface area contributed by atoms with E-state index in [1.165, 1.54) is 0 Å². The topological polar surface area (TPSA) is 81.0 Å². The van der Waals surface area contributed by atoms with Gasteiger partial charge < -0.3 is 15.5 Å². The Morgan fingerprint density at radius 1 is 1.36 bits per heavy atom. The van der Waals surface area contributed by atoms with E-state index in [9.17, 15) is 4.79 Å². The van der Waals surface area contributed by atoms with Crippen LogP contribution in [0.5, 0.6) is 0 Å². The summed E-state index contributed by atoms with van der Waals surface area (Å²) >= 11 is 1.62. The van der Waals surface area contributed by atoms with Gasteiger partial charge in [-0.2, -0.15) is 5.26 Å². The number of carbonyl (C=O) groups is 1. The molecule has 0 saturated carbocycles. The molecule has 2 heterocycles. The van der Waals surface area contributed by atoms with Gasteiger partial charge in [0.2, 0.25) is 5.91 Å². The van der Waals surface area contributed by atoms with Crippen molar-refractivity contribution in [3.8, 4) is 6.07 Å². The van der Waals surface area contributed by atoms with E-state index in [2.05, 4.69) is 27.8 Å². The molecule has 0 unspecified atom stereocenters. The fraction of sp³-hybridized carbons (Fsp3) is 0.438. The second-order valence-corrected chi connectivity index (χ2v) is 6.50. The molecule has 0 aliphatic carbocycles. The zero-order valence-corrected chi connectivity index (χ0v) is 16.1. The van der Waals surface area contributed by atoms with Crippen LogP contribution < -0.4 is 10.6 Å². The molecule has 2 N–H and O–H groups in total. The number of benzene rings is 1. The molecule has 0 radical (unpaired) electrons. The lowest BCUT2D eigenvalue weighted by atomic mass is 10.2. The van der Waals surface area contributed by atoms with Crippen molar-refractivity contribution in [3.63, 3.8) is 0 Å². The molecule has 1 aliphatic rings. The normalized spacial score (nSPS) is 16.0. The van der Waals surface area contributed by atoms with Crippen molar-refractivity contribution in [1.82, 2.24) is 15.2 Å². The summed E-state index contributed by atoms with van der Waals surface area (Å²) in [5, 5.41) is 16.3. The number of nitrogens with one attached hydrogen (secondary N) is 2. The Morgan fingerprint density at radius 2 is 2.16 bits per heavy atom. The minimum Gasteiger partial charge on any atom is -0.360 e. The number of likely N-dealkylation sites (tertiary alicyclic amines) is 1. The number of thiazole rings is 1. The van der Waals surface area contributed by atoms with Gasteiger partial charge in [-0.1, -0.05) is 23.5 Å². The molecule has 1 fully saturated rings. The molecule has 0 spiro atoms. The summed E-state index contributed by atoms with van der Waals surface area (Å²) in [6.07, 6.45) is 1.71. The third-order valence-electron chi connectivity index (χ3n) is 3.87. The average Bonchev–Trinajstić information content (AvgIpc) is 3.20. The second-order valence-electron chi connectivity index (χ2n) is 5.46. The van der Waals surface area contributed by atoms with E-state index in [0.29, 0.717) is 19.6 Å². The lowest BCUT2D eigenvalue weighted by molar-refractivity contribution is -0.130. The zero-order valence-electron chi connectivity index (χ0n) is 13.6. The Bertz CT molecular complexity index is 700. The molecular weight excluding hydrogens is 381 g/mol. The maximum absolute atomic E-state index is 12.0. The van der Waals surface area contributed by atoms with Gasteiger partial charge in [0, 0.05) is 19.6 Å². The quantitative estimate of drug-likeness (QED) is 0.727. The fourth-order valence-electron chi connectivity index (χ4n) is 2.70. The Morgan fingerprint density at radius 3 is 2.92 bits per heavy atom. The molecule has 1 atom stereocenters. The first-order valence-electron chi connectivity index (χ1n) is 7.77. The van der Waals surface area contributed by atoms with Crippen LogP contribution in [0.25, 0.3) is 10.2 Å². The summed E-state index contributed by atoms with van der Waals surface area (Å²) in [7, 11) is 0. The Hall–Kier alpha value is -1.59. The van der Waals surface area contributed by atoms with Gasteiger partial charge in [0.05, 0.1) is 22.8 Å². The van der Waals surface area contributed by atoms with Crippen LogP contribution in [0, 0.1) is 11.3 Å². The third-order valence-corrected chi connectivity index (χ3v) is 4.86. The summed E-state index contributed by atoms with van der Waals surface area (Å²) in [5.41, 5.74) is 1.000. The number of para-hydroxylation sites is 1. The first-order valence-corrected chi connectivity index (χ1v) is 8.59. The van der Waals surface area contributed by atoms with Gasteiger partial charge in [0.1, 0.15) is 6.04 Å². The van der Waals surface area contributed by atoms with Gasteiger partial charge in [-0.3, -0.25) is 4.79 Å². The molecule has 0 bridgehead atoms. The van der Waals surface area contributed by atoms with E-state index in [1.54, 1.807) is 16.2 Å². The summed E-state index contributed by atoms with van der Waals surface area (Å²) in [6.45, 7) is 2.35. The van der Waals surface area contributed by atoms with Crippen molar-refractivity contribution >= 4 is 57.4 Å². The van der Waals surface area contributed by atoms with Crippen molar-refractivity contribution in [2.45, 2.75) is 18.9 Å². The van der Waals surface area contributed by atoms with Gasteiger partial charge in [-0.05, 0) is 25.0 Å². The Balaban J connectivity index is 0.00000156. The van der Waals surface area contributed by atoms with E-state index in [-0.39, 0.29) is 43.3 Å². The number of aromatic nitrogens is 1. The van der Waals surface area contributed by atoms with Crippen molar-refractivity contribution < 1.29 is 4.79 Å². The minimum absolute atomic E-state index is 0. The fourth-order valence-corrected chi connectivity index (χ4v) is 3.59. The van der Waals surface area contributed by atoms with Crippen LogP contribution in [-0.4, -0.2) is 48.0 Å². The number of hydrogen-bond acceptors (Lipinski definition) is 6. The van der Waals surface area contributed by atoms with Crippen molar-refractivity contribution in [3.05, 3.63) is 24.3 Å². The van der Waals surface area contributed by atoms with Crippen LogP contribution in [0.2, 0.25) is 0 Å². The number of rotatable bonds is 6. The lowest BCUT2D eigenvalue weighted by Gasteiger charge is -2.19. The number of nitriles is 1. The predicted molar refractivity (Wildman–Crippen MR) is 106 cm³/mol. The standard InChI is InChI=1S/C16H19N5OS.2ClH/c17-10-12-4-3-9-21(12)15(22)11-18-7-8-19-16-20-13-5-1-2-6-14(13)23-16;;/h1-2,5-6,12,18H,3-4,7-9,11H2,(H,19,20);2*1H/t12-;;/m0../s1. The minimum atomic E-state index is -0.245. The highest BCUT2D eigenvalue weighted by molar-refractivity contribution is 7.22. The van der Waals surface area contributed by atoms with Gasteiger partial charge >= 0.3 is 0 Å². The number of halogens is 2. The monoisotopic (exact) mass is 401 g/mol. The number of amides is 1. The van der Waals surface area contributed by atoms with E-state index >= 15 is 0 Å². The number of hydrogen-bond donors (Lipinski definition) is 2. The molecule has 25 heavy (non-hydrogen) atoms. The highest BCUT2D eigenvalue weighted by atomic mass is 35.5. The summed E-state index contributed by atoms with van der Waals surface area (Å²) in [6, 6.07) is 9.97. The first-order chi connectivity index (χ1) is 11.3. The maximum atomic E-state index is 12.0. The number of nitrogens with zero attached hydrogens (tertiary/aromatic N) is 3. The molecule has 136 valence electrons. The highest BCUT2D eigenvalue weighted by Crippen LogP contribution is 2.24. The Labute approximate surface area is 163 Å². The molecule has 1 aliphatic heterocycles. The van der Waals surface area contributed by atoms with Crippen LogP contribution >= 0.6 is 36.2 Å². The molecule has 1 saturated heterocycles. The van der Waals surface area contributed by atoms with Crippen molar-refractivity contribution in [2.24, 2.45) is 0 Å². The largest absolute Gasteiger partial charge is 0.360 e. The summed E-state index contributed by atoms with van der Waals surface area (Å²) in [5.74, 6) is 0.00837. The molecule has 6 nitrogen and oxygen atoms in total. The average molecular weight is 402 g/mol. The summed E-state index contributed by atoms with van der Waals surface area (Å²) in [4.78, 5) is 18.2. The van der Waals surface area contributed by atoms with Gasteiger partial charge in [-0.25, -0.2) is 4.98 Å². The highest BCUT2D eigenvalue weighted by Gasteiger charge is 2.27. The maximum Gasteiger partial charge on any atom is 0.237 e. The van der Waals surface area contributed by atoms with Crippen LogP contribution in [0.3, 0.4) is 0 Å². The lowest BCUT2D eigenvalue weighted by Crippen LogP contribution is -2.41. The molecule has 1 aromatic heterocycles. The van der Waals surface area contributed by atoms with Crippen LogP contribution in [0.15, 0.2) is 24.3 Å². The van der Waals surface area contributed by atoms with Crippen molar-refractivity contribution in [1.29, 1.82) is 5.26 Å². The third kappa shape index (κ3) is 5.44. The zero-order chi connectivity index (χ0) is 16.1. The first kappa shape index (κ1) is 21.5. The van der Waals surface area contributed by atoms with Crippen LogP contribution in [0.1, 0.15) is 12.8 Å².